The molecule has 0 aliphatic rings. The molecule has 21 heavy (non-hydrogen) atoms. The number of hydrogen-bond donors (Lipinski definition) is 0. The Morgan fingerprint density at radius 1 is 1.29 bits per heavy atom. The highest BCUT2D eigenvalue weighted by atomic mass is 16.6. The summed E-state index contributed by atoms with van der Waals surface area (Å²) >= 11 is 0. The van der Waals surface area contributed by atoms with Crippen LogP contribution >= 0.6 is 0 Å². The van der Waals surface area contributed by atoms with E-state index in [1.54, 1.807) is 20.8 Å². The largest absolute Gasteiger partial charge is 0.467 e. The van der Waals surface area contributed by atoms with E-state index in [0.29, 0.717) is 12.8 Å². The summed E-state index contributed by atoms with van der Waals surface area (Å²) in [5, 5.41) is 8.63. The maximum atomic E-state index is 12.3. The van der Waals surface area contributed by atoms with Crippen LogP contribution in [0.4, 0.5) is 4.79 Å². The van der Waals surface area contributed by atoms with Gasteiger partial charge in [0.25, 0.3) is 0 Å². The van der Waals surface area contributed by atoms with Gasteiger partial charge in [-0.25, -0.2) is 9.59 Å². The lowest BCUT2D eigenvalue weighted by atomic mass is 10.0. The van der Waals surface area contributed by atoms with Crippen LogP contribution in [0.25, 0.3) is 0 Å². The first kappa shape index (κ1) is 19.2. The molecule has 0 aromatic carbocycles. The van der Waals surface area contributed by atoms with Crippen molar-refractivity contribution in [3.63, 3.8) is 0 Å². The molecule has 0 spiro atoms. The zero-order valence-corrected chi connectivity index (χ0v) is 13.8. The third kappa shape index (κ3) is 6.98. The smallest absolute Gasteiger partial charge is 0.411 e. The monoisotopic (exact) mass is 298 g/mol. The van der Waals surface area contributed by atoms with Crippen molar-refractivity contribution < 1.29 is 19.1 Å². The molecule has 0 rings (SSSR count). The van der Waals surface area contributed by atoms with Gasteiger partial charge in [0.05, 0.1) is 13.2 Å². The number of rotatable bonds is 6. The minimum Gasteiger partial charge on any atom is -0.467 e. The van der Waals surface area contributed by atoms with Gasteiger partial charge in [0, 0.05) is 13.0 Å². The van der Waals surface area contributed by atoms with Crippen LogP contribution in [0.2, 0.25) is 0 Å². The summed E-state index contributed by atoms with van der Waals surface area (Å²) in [6, 6.07) is 1.31. The van der Waals surface area contributed by atoms with Crippen molar-refractivity contribution in [2.45, 2.75) is 59.1 Å². The first-order valence-electron chi connectivity index (χ1n) is 7.08. The Morgan fingerprint density at radius 2 is 1.86 bits per heavy atom. The molecule has 0 saturated carbocycles. The fourth-order valence-corrected chi connectivity index (χ4v) is 1.87. The number of nitrogens with zero attached hydrogens (tertiary/aromatic N) is 2. The van der Waals surface area contributed by atoms with Crippen molar-refractivity contribution in [1.82, 2.24) is 4.90 Å². The lowest BCUT2D eigenvalue weighted by Crippen LogP contribution is -2.50. The molecule has 0 radical (unpaired) electrons. The van der Waals surface area contributed by atoms with E-state index in [2.05, 4.69) is 0 Å². The molecule has 0 fully saturated rings. The summed E-state index contributed by atoms with van der Waals surface area (Å²) in [6.07, 6.45) is 0.228. The number of nitriles is 1. The highest BCUT2D eigenvalue weighted by Crippen LogP contribution is 2.18. The van der Waals surface area contributed by atoms with Crippen molar-refractivity contribution in [3.05, 3.63) is 0 Å². The van der Waals surface area contributed by atoms with Crippen molar-refractivity contribution in [3.8, 4) is 6.07 Å². The standard InChI is InChI=1S/C15H26N2O4/c1-11(2)12(13(18)20-6)17(10-8-7-9-16)14(19)21-15(3,4)5/h11-12H,7-8,10H2,1-6H3. The Bertz CT molecular complexity index is 393. The van der Waals surface area contributed by atoms with Crippen LogP contribution < -0.4 is 0 Å². The number of carbonyl (C=O) groups excluding carboxylic acids is 2. The molecule has 0 saturated heterocycles. The van der Waals surface area contributed by atoms with E-state index in [-0.39, 0.29) is 12.5 Å². The fraction of sp³-hybridized carbons (Fsp3) is 0.800. The summed E-state index contributed by atoms with van der Waals surface area (Å²) in [6.45, 7) is 9.25. The summed E-state index contributed by atoms with van der Waals surface area (Å²) in [4.78, 5) is 25.7. The molecule has 120 valence electrons. The second-order valence-corrected chi connectivity index (χ2v) is 6.15. The number of esters is 1. The summed E-state index contributed by atoms with van der Waals surface area (Å²) in [5.74, 6) is -0.597. The van der Waals surface area contributed by atoms with Gasteiger partial charge in [0.1, 0.15) is 11.6 Å². The third-order valence-corrected chi connectivity index (χ3v) is 2.73. The van der Waals surface area contributed by atoms with Crippen LogP contribution in [-0.4, -0.2) is 42.3 Å². The predicted octanol–water partition coefficient (Wildman–Crippen LogP) is 2.72. The summed E-state index contributed by atoms with van der Waals surface area (Å²) in [7, 11) is 1.29. The van der Waals surface area contributed by atoms with E-state index in [9.17, 15) is 9.59 Å². The van der Waals surface area contributed by atoms with Crippen molar-refractivity contribution >= 4 is 12.1 Å². The molecular formula is C15H26N2O4. The van der Waals surface area contributed by atoms with Crippen molar-refractivity contribution in [1.29, 1.82) is 5.26 Å². The van der Waals surface area contributed by atoms with E-state index >= 15 is 0 Å². The number of unbranched alkanes of at least 4 members (excludes halogenated alkanes) is 1. The molecule has 6 nitrogen and oxygen atoms in total. The minimum absolute atomic E-state index is 0.118. The van der Waals surface area contributed by atoms with Gasteiger partial charge in [-0.05, 0) is 33.1 Å². The van der Waals surface area contributed by atoms with E-state index < -0.39 is 23.7 Å². The average molecular weight is 298 g/mol. The molecule has 1 amide bonds. The zero-order chi connectivity index (χ0) is 16.6. The molecule has 0 N–H and O–H groups in total. The SMILES string of the molecule is COC(=O)C(C(C)C)N(CCCC#N)C(=O)OC(C)(C)C. The van der Waals surface area contributed by atoms with Crippen molar-refractivity contribution in [2.24, 2.45) is 5.92 Å². The van der Waals surface area contributed by atoms with Gasteiger partial charge in [-0.15, -0.1) is 0 Å². The number of hydrogen-bond acceptors (Lipinski definition) is 5. The second kappa shape index (κ2) is 8.50. The molecule has 1 unspecified atom stereocenters. The van der Waals surface area contributed by atoms with Crippen LogP contribution in [0.5, 0.6) is 0 Å². The van der Waals surface area contributed by atoms with Crippen LogP contribution in [0.1, 0.15) is 47.5 Å². The van der Waals surface area contributed by atoms with Gasteiger partial charge >= 0.3 is 12.1 Å². The first-order valence-corrected chi connectivity index (χ1v) is 7.08. The van der Waals surface area contributed by atoms with Gasteiger partial charge in [-0.3, -0.25) is 4.90 Å². The third-order valence-electron chi connectivity index (χ3n) is 2.73. The Hall–Kier alpha value is -1.77. The van der Waals surface area contributed by atoms with Gasteiger partial charge in [0.2, 0.25) is 0 Å². The Balaban J connectivity index is 5.21. The highest BCUT2D eigenvalue weighted by molar-refractivity contribution is 5.81. The van der Waals surface area contributed by atoms with Crippen molar-refractivity contribution in [2.75, 3.05) is 13.7 Å². The molecule has 6 heteroatoms. The molecule has 1 atom stereocenters. The Kier molecular flexibility index (Phi) is 7.79. The van der Waals surface area contributed by atoms with Crippen LogP contribution in [-0.2, 0) is 14.3 Å². The molecular weight excluding hydrogens is 272 g/mol. The quantitative estimate of drug-likeness (QED) is 0.556. The normalized spacial score (nSPS) is 12.5. The second-order valence-electron chi connectivity index (χ2n) is 6.15. The van der Waals surface area contributed by atoms with E-state index in [0.717, 1.165) is 0 Å². The maximum absolute atomic E-state index is 12.3. The van der Waals surface area contributed by atoms with Gasteiger partial charge < -0.3 is 9.47 Å². The lowest BCUT2D eigenvalue weighted by Gasteiger charge is -2.33. The molecule has 0 heterocycles. The van der Waals surface area contributed by atoms with Crippen LogP contribution in [0, 0.1) is 17.2 Å². The van der Waals surface area contributed by atoms with Gasteiger partial charge in [0.15, 0.2) is 0 Å². The summed E-state index contributed by atoms with van der Waals surface area (Å²) < 4.78 is 10.1. The lowest BCUT2D eigenvalue weighted by molar-refractivity contribution is -0.148. The molecule has 0 aliphatic carbocycles. The fourth-order valence-electron chi connectivity index (χ4n) is 1.87. The topological polar surface area (TPSA) is 79.6 Å². The predicted molar refractivity (Wildman–Crippen MR) is 78.4 cm³/mol. The number of methoxy groups -OCH3 is 1. The number of amides is 1. The van der Waals surface area contributed by atoms with Gasteiger partial charge in [-0.1, -0.05) is 13.8 Å². The van der Waals surface area contributed by atoms with E-state index in [1.165, 1.54) is 12.0 Å². The average Bonchev–Trinajstić information content (AvgIpc) is 2.34. The molecule has 0 aromatic rings. The Labute approximate surface area is 127 Å². The van der Waals surface area contributed by atoms with E-state index in [1.807, 2.05) is 19.9 Å². The minimum atomic E-state index is -0.719. The van der Waals surface area contributed by atoms with Gasteiger partial charge in [-0.2, -0.15) is 5.26 Å². The summed E-state index contributed by atoms with van der Waals surface area (Å²) in [5.41, 5.74) is -0.651. The molecule has 0 aliphatic heterocycles. The van der Waals surface area contributed by atoms with Crippen LogP contribution in [0.15, 0.2) is 0 Å². The number of ether oxygens (including phenoxy) is 2. The zero-order valence-electron chi connectivity index (χ0n) is 13.8. The maximum Gasteiger partial charge on any atom is 0.411 e. The molecule has 0 bridgehead atoms. The number of carbonyl (C=O) groups is 2. The molecule has 0 aromatic heterocycles. The highest BCUT2D eigenvalue weighted by Gasteiger charge is 2.35. The van der Waals surface area contributed by atoms with Crippen LogP contribution in [0.3, 0.4) is 0 Å². The van der Waals surface area contributed by atoms with E-state index in [4.69, 9.17) is 14.7 Å². The first-order chi connectivity index (χ1) is 9.64. The Morgan fingerprint density at radius 3 is 2.24 bits per heavy atom.